The molecule has 0 heterocycles. The van der Waals surface area contributed by atoms with Crippen LogP contribution < -0.4 is 4.74 Å². The van der Waals surface area contributed by atoms with Crippen molar-refractivity contribution in [3.63, 3.8) is 0 Å². The van der Waals surface area contributed by atoms with Gasteiger partial charge in [0.2, 0.25) is 0 Å². The zero-order valence-corrected chi connectivity index (χ0v) is 14.7. The zero-order valence-electron chi connectivity index (χ0n) is 13.9. The number of para-hydroxylation sites is 1. The maximum atomic E-state index is 14.8. The van der Waals surface area contributed by atoms with E-state index in [4.69, 9.17) is 15.3 Å². The van der Waals surface area contributed by atoms with Gasteiger partial charge in [0.05, 0.1) is 4.90 Å². The van der Waals surface area contributed by atoms with Crippen LogP contribution in [0.2, 0.25) is 0 Å². The number of nitriles is 2. The van der Waals surface area contributed by atoms with Gasteiger partial charge < -0.3 is 4.74 Å². The SMILES string of the molecule is CCCCSc1c(F)c(C#N)c(C#N)c(F)c1Oc1ccccc1C. The Hall–Kier alpha value is -2.57. The summed E-state index contributed by atoms with van der Waals surface area (Å²) in [4.78, 5) is -0.0789. The molecule has 0 N–H and O–H groups in total. The van der Waals surface area contributed by atoms with Crippen molar-refractivity contribution >= 4 is 11.8 Å². The first-order chi connectivity index (χ1) is 12.0. The standard InChI is InChI=1S/C19H16F2N2OS/c1-3-4-9-25-19-17(21)14(11-23)13(10-22)16(20)18(19)24-15-8-6-5-7-12(15)2/h5-8H,3-4,9H2,1-2H3. The minimum atomic E-state index is -1.01. The lowest BCUT2D eigenvalue weighted by Gasteiger charge is -2.16. The highest BCUT2D eigenvalue weighted by molar-refractivity contribution is 7.99. The summed E-state index contributed by atoms with van der Waals surface area (Å²) in [5, 5.41) is 18.3. The second kappa shape index (κ2) is 8.50. The molecule has 0 amide bonds. The third kappa shape index (κ3) is 3.92. The molecule has 2 aromatic rings. The van der Waals surface area contributed by atoms with Crippen LogP contribution >= 0.6 is 11.8 Å². The quantitative estimate of drug-likeness (QED) is 0.491. The van der Waals surface area contributed by atoms with E-state index in [9.17, 15) is 8.78 Å². The molecule has 0 aliphatic rings. The Balaban J connectivity index is 2.63. The molecule has 2 aromatic carbocycles. The van der Waals surface area contributed by atoms with Crippen molar-refractivity contribution < 1.29 is 13.5 Å². The van der Waals surface area contributed by atoms with Crippen LogP contribution in [0.4, 0.5) is 8.78 Å². The van der Waals surface area contributed by atoms with Crippen LogP contribution in [-0.4, -0.2) is 5.75 Å². The van der Waals surface area contributed by atoms with E-state index in [0.29, 0.717) is 11.5 Å². The van der Waals surface area contributed by atoms with Crippen molar-refractivity contribution in [2.75, 3.05) is 5.75 Å². The molecule has 0 bridgehead atoms. The molecule has 3 nitrogen and oxygen atoms in total. The monoisotopic (exact) mass is 358 g/mol. The predicted molar refractivity (Wildman–Crippen MR) is 92.7 cm³/mol. The fourth-order valence-electron chi connectivity index (χ4n) is 2.18. The molecule has 0 aromatic heterocycles. The van der Waals surface area contributed by atoms with Gasteiger partial charge in [-0.25, -0.2) is 8.78 Å². The molecule has 0 aliphatic heterocycles. The number of benzene rings is 2. The van der Waals surface area contributed by atoms with E-state index < -0.39 is 22.8 Å². The number of hydrogen-bond acceptors (Lipinski definition) is 4. The van der Waals surface area contributed by atoms with Crippen LogP contribution in [-0.2, 0) is 0 Å². The summed E-state index contributed by atoms with van der Waals surface area (Å²) in [6, 6.07) is 10.1. The Morgan fingerprint density at radius 2 is 1.72 bits per heavy atom. The number of hydrogen-bond donors (Lipinski definition) is 0. The maximum absolute atomic E-state index is 14.8. The summed E-state index contributed by atoms with van der Waals surface area (Å²) in [6.07, 6.45) is 1.70. The van der Waals surface area contributed by atoms with E-state index in [1.807, 2.05) is 6.92 Å². The Morgan fingerprint density at radius 3 is 2.32 bits per heavy atom. The third-order valence-electron chi connectivity index (χ3n) is 3.57. The van der Waals surface area contributed by atoms with Crippen molar-refractivity contribution in [2.24, 2.45) is 0 Å². The Labute approximate surface area is 149 Å². The van der Waals surface area contributed by atoms with Gasteiger partial charge in [-0.3, -0.25) is 0 Å². The molecule has 0 aliphatic carbocycles. The highest BCUT2D eigenvalue weighted by Crippen LogP contribution is 2.41. The molecule has 0 spiro atoms. The highest BCUT2D eigenvalue weighted by Gasteiger charge is 2.27. The van der Waals surface area contributed by atoms with E-state index in [1.54, 1.807) is 43.3 Å². The smallest absolute Gasteiger partial charge is 0.186 e. The molecule has 0 saturated carbocycles. The van der Waals surface area contributed by atoms with Gasteiger partial charge >= 0.3 is 0 Å². The fraction of sp³-hybridized carbons (Fsp3) is 0.263. The number of halogens is 2. The molecule has 0 unspecified atom stereocenters. The second-order valence-electron chi connectivity index (χ2n) is 5.33. The zero-order chi connectivity index (χ0) is 18.4. The largest absolute Gasteiger partial charge is 0.453 e. The molecule has 0 saturated heterocycles. The number of rotatable bonds is 6. The van der Waals surface area contributed by atoms with Crippen LogP contribution in [0.3, 0.4) is 0 Å². The van der Waals surface area contributed by atoms with Gasteiger partial charge in [0.1, 0.15) is 29.0 Å². The van der Waals surface area contributed by atoms with E-state index in [-0.39, 0.29) is 10.6 Å². The summed E-state index contributed by atoms with van der Waals surface area (Å²) in [5.41, 5.74) is -0.478. The van der Waals surface area contributed by atoms with Gasteiger partial charge in [-0.15, -0.1) is 11.8 Å². The molecule has 25 heavy (non-hydrogen) atoms. The fourth-order valence-corrected chi connectivity index (χ4v) is 3.30. The number of nitrogens with zero attached hydrogens (tertiary/aromatic N) is 2. The average molecular weight is 358 g/mol. The Morgan fingerprint density at radius 1 is 1.08 bits per heavy atom. The summed E-state index contributed by atoms with van der Waals surface area (Å²) < 4.78 is 35.2. The molecular formula is C19H16F2N2OS. The lowest BCUT2D eigenvalue weighted by atomic mass is 10.1. The molecule has 6 heteroatoms. The third-order valence-corrected chi connectivity index (χ3v) is 4.71. The first kappa shape index (κ1) is 18.8. The van der Waals surface area contributed by atoms with Crippen LogP contribution in [0.5, 0.6) is 11.5 Å². The summed E-state index contributed by atoms with van der Waals surface area (Å²) in [6.45, 7) is 3.77. The molecule has 0 radical (unpaired) electrons. The van der Waals surface area contributed by atoms with Gasteiger partial charge in [0.25, 0.3) is 0 Å². The normalized spacial score (nSPS) is 10.2. The summed E-state index contributed by atoms with van der Waals surface area (Å²) in [7, 11) is 0. The van der Waals surface area contributed by atoms with Gasteiger partial charge in [-0.05, 0) is 30.7 Å². The molecule has 0 atom stereocenters. The minimum Gasteiger partial charge on any atom is -0.453 e. The van der Waals surface area contributed by atoms with Crippen LogP contribution in [0, 0.1) is 41.2 Å². The number of thioether (sulfide) groups is 1. The summed E-state index contributed by atoms with van der Waals surface area (Å²) >= 11 is 1.09. The Kier molecular flexibility index (Phi) is 6.38. The van der Waals surface area contributed by atoms with Crippen molar-refractivity contribution in [1.29, 1.82) is 10.5 Å². The lowest BCUT2D eigenvalue weighted by molar-refractivity contribution is 0.416. The number of unbranched alkanes of at least 4 members (excludes halogenated alkanes) is 1. The van der Waals surface area contributed by atoms with E-state index in [0.717, 1.165) is 30.2 Å². The van der Waals surface area contributed by atoms with Crippen LogP contribution in [0.1, 0.15) is 36.5 Å². The van der Waals surface area contributed by atoms with Crippen molar-refractivity contribution in [3.05, 3.63) is 52.6 Å². The molecule has 128 valence electrons. The van der Waals surface area contributed by atoms with Crippen molar-refractivity contribution in [3.8, 4) is 23.6 Å². The van der Waals surface area contributed by atoms with Gasteiger partial charge in [-0.1, -0.05) is 31.5 Å². The second-order valence-corrected chi connectivity index (χ2v) is 6.43. The predicted octanol–water partition coefficient (Wildman–Crippen LogP) is 5.70. The first-order valence-electron chi connectivity index (χ1n) is 7.76. The van der Waals surface area contributed by atoms with E-state index in [1.165, 1.54) is 0 Å². The van der Waals surface area contributed by atoms with Crippen molar-refractivity contribution in [1.82, 2.24) is 0 Å². The first-order valence-corrected chi connectivity index (χ1v) is 8.75. The minimum absolute atomic E-state index is 0.0789. The van der Waals surface area contributed by atoms with Gasteiger partial charge in [0.15, 0.2) is 17.4 Å². The van der Waals surface area contributed by atoms with E-state index in [2.05, 4.69) is 0 Å². The molecular weight excluding hydrogens is 342 g/mol. The van der Waals surface area contributed by atoms with Crippen LogP contribution in [0.25, 0.3) is 0 Å². The van der Waals surface area contributed by atoms with Gasteiger partial charge in [0, 0.05) is 0 Å². The topological polar surface area (TPSA) is 56.8 Å². The Bertz CT molecular complexity index is 869. The van der Waals surface area contributed by atoms with E-state index >= 15 is 0 Å². The van der Waals surface area contributed by atoms with Crippen molar-refractivity contribution in [2.45, 2.75) is 31.6 Å². The molecule has 2 rings (SSSR count). The summed E-state index contributed by atoms with van der Waals surface area (Å²) in [5.74, 6) is -1.35. The highest BCUT2D eigenvalue weighted by atomic mass is 32.2. The van der Waals surface area contributed by atoms with Gasteiger partial charge in [-0.2, -0.15) is 10.5 Å². The number of aryl methyl sites for hydroxylation is 1. The number of ether oxygens (including phenoxy) is 1. The van der Waals surface area contributed by atoms with Crippen LogP contribution in [0.15, 0.2) is 29.2 Å². The average Bonchev–Trinajstić information content (AvgIpc) is 2.61. The maximum Gasteiger partial charge on any atom is 0.186 e. The molecule has 0 fully saturated rings. The lowest BCUT2D eigenvalue weighted by Crippen LogP contribution is -2.03.